The summed E-state index contributed by atoms with van der Waals surface area (Å²) in [6.45, 7) is 7.55. The van der Waals surface area contributed by atoms with Crippen LogP contribution in [-0.2, 0) is 11.4 Å². The molecule has 0 saturated heterocycles. The molecule has 0 aliphatic carbocycles. The molecule has 0 spiro atoms. The normalized spacial score (nSPS) is 12.1. The van der Waals surface area contributed by atoms with Gasteiger partial charge >= 0.3 is 11.9 Å². The molecule has 1 heterocycles. The van der Waals surface area contributed by atoms with Gasteiger partial charge in [-0.1, -0.05) is 25.9 Å². The van der Waals surface area contributed by atoms with Crippen LogP contribution >= 0.6 is 0 Å². The Morgan fingerprint density at radius 1 is 1.57 bits per heavy atom. The minimum absolute atomic E-state index is 0.199. The Balaban J connectivity index is 3.03. The van der Waals surface area contributed by atoms with E-state index < -0.39 is 11.0 Å². The summed E-state index contributed by atoms with van der Waals surface area (Å²) in [5.41, 5.74) is 0.595. The highest BCUT2D eigenvalue weighted by atomic mass is 16.7. The van der Waals surface area contributed by atoms with Crippen molar-refractivity contribution in [2.45, 2.75) is 34.2 Å². The molecule has 0 aliphatic rings. The lowest BCUT2D eigenvalue weighted by atomic mass is 9.90. The van der Waals surface area contributed by atoms with Crippen molar-refractivity contribution in [3.63, 3.8) is 0 Å². The number of carbonyl (C=O) groups excluding carboxylic acids is 1. The lowest BCUT2D eigenvalue weighted by Gasteiger charge is -2.20. The number of hydrogen-bond donors (Lipinski definition) is 1. The van der Waals surface area contributed by atoms with Gasteiger partial charge in [-0.15, -0.1) is 0 Å². The first-order valence-corrected chi connectivity index (χ1v) is 6.29. The van der Waals surface area contributed by atoms with Gasteiger partial charge in [-0.05, 0) is 16.8 Å². The van der Waals surface area contributed by atoms with Crippen LogP contribution in [0.5, 0.6) is 0 Å². The molecule has 0 aromatic carbocycles. The molecule has 0 atom stereocenters. The molecule has 0 saturated carbocycles. The third kappa shape index (κ3) is 4.26. The Labute approximate surface area is 122 Å². The van der Waals surface area contributed by atoms with Crippen LogP contribution in [0.2, 0.25) is 0 Å². The first-order chi connectivity index (χ1) is 9.66. The van der Waals surface area contributed by atoms with Crippen molar-refractivity contribution < 1.29 is 14.6 Å². The predicted octanol–water partition coefficient (Wildman–Crippen LogP) is 1.86. The van der Waals surface area contributed by atoms with Crippen molar-refractivity contribution in [1.29, 1.82) is 0 Å². The molecule has 1 rings (SSSR count). The largest absolute Gasteiger partial charge is 0.433 e. The fraction of sp³-hybridized carbons (Fsp3) is 0.583. The van der Waals surface area contributed by atoms with Gasteiger partial charge in [0.15, 0.2) is 0 Å². The quantitative estimate of drug-likeness (QED) is 0.394. The fourth-order valence-corrected chi connectivity index (χ4v) is 1.48. The van der Waals surface area contributed by atoms with E-state index in [0.29, 0.717) is 11.4 Å². The summed E-state index contributed by atoms with van der Waals surface area (Å²) in [5, 5.41) is 16.9. The van der Waals surface area contributed by atoms with E-state index in [1.54, 1.807) is 11.5 Å². The second kappa shape index (κ2) is 6.33. The minimum Gasteiger partial charge on any atom is -0.358 e. The Kier molecular flexibility index (Phi) is 5.01. The van der Waals surface area contributed by atoms with Crippen molar-refractivity contribution >= 4 is 17.6 Å². The molecule has 1 aromatic heterocycles. The van der Waals surface area contributed by atoms with Gasteiger partial charge in [0.25, 0.3) is 0 Å². The number of nitrogens with zero attached hydrogens (tertiary/aromatic N) is 4. The molecular formula is C12H19N5O4. The summed E-state index contributed by atoms with van der Waals surface area (Å²) in [5.74, 6) is -0.199. The van der Waals surface area contributed by atoms with E-state index in [-0.39, 0.29) is 17.8 Å². The number of rotatable bonds is 4. The molecule has 116 valence electrons. The van der Waals surface area contributed by atoms with E-state index in [1.165, 1.54) is 13.4 Å². The van der Waals surface area contributed by atoms with Gasteiger partial charge in [0.1, 0.15) is 5.69 Å². The van der Waals surface area contributed by atoms with Gasteiger partial charge < -0.3 is 20.0 Å². The average Bonchev–Trinajstić information content (AvgIpc) is 2.74. The summed E-state index contributed by atoms with van der Waals surface area (Å²) in [4.78, 5) is 29.8. The van der Waals surface area contributed by atoms with E-state index in [4.69, 9.17) is 4.84 Å². The number of aromatic nitrogens is 2. The number of nitro groups is 1. The summed E-state index contributed by atoms with van der Waals surface area (Å²) in [6, 6.07) is 0. The molecule has 0 radical (unpaired) electrons. The van der Waals surface area contributed by atoms with Crippen LogP contribution in [-0.4, -0.2) is 33.3 Å². The monoisotopic (exact) mass is 297 g/mol. The third-order valence-corrected chi connectivity index (χ3v) is 2.88. The number of oxime groups is 1. The van der Waals surface area contributed by atoms with Crippen LogP contribution in [0.1, 0.15) is 26.5 Å². The average molecular weight is 297 g/mol. The summed E-state index contributed by atoms with van der Waals surface area (Å²) in [6.07, 6.45) is 0.694. The molecule has 1 aromatic rings. The highest BCUT2D eigenvalue weighted by molar-refractivity contribution is 5.89. The Morgan fingerprint density at radius 3 is 2.62 bits per heavy atom. The Bertz CT molecular complexity index is 571. The van der Waals surface area contributed by atoms with Crippen molar-refractivity contribution in [2.75, 3.05) is 7.05 Å². The number of imidazole rings is 1. The SMILES string of the molecule is CNC(=O)ON=C(Cn1cnc([N+](=O)[O-])c1C)C(C)(C)C. The van der Waals surface area contributed by atoms with E-state index in [0.717, 1.165) is 0 Å². The van der Waals surface area contributed by atoms with E-state index in [2.05, 4.69) is 15.5 Å². The molecule has 0 unspecified atom stereocenters. The molecule has 9 heteroatoms. The summed E-state index contributed by atoms with van der Waals surface area (Å²) >= 11 is 0. The van der Waals surface area contributed by atoms with Crippen molar-refractivity contribution in [1.82, 2.24) is 14.9 Å². The maximum absolute atomic E-state index is 11.1. The van der Waals surface area contributed by atoms with Crippen LogP contribution in [0.3, 0.4) is 0 Å². The topological polar surface area (TPSA) is 112 Å². The Hall–Kier alpha value is -2.45. The van der Waals surface area contributed by atoms with Crippen LogP contribution < -0.4 is 5.32 Å². The van der Waals surface area contributed by atoms with Crippen LogP contribution in [0.25, 0.3) is 0 Å². The maximum atomic E-state index is 11.1. The lowest BCUT2D eigenvalue weighted by Crippen LogP contribution is -2.27. The van der Waals surface area contributed by atoms with Gasteiger partial charge in [0.2, 0.25) is 6.33 Å². The van der Waals surface area contributed by atoms with E-state index in [9.17, 15) is 14.9 Å². The standard InChI is InChI=1S/C12H19N5O4/c1-8-10(17(19)20)14-7-16(8)6-9(12(2,3)4)15-21-11(18)13-5/h7H,6H2,1-5H3,(H,13,18). The first kappa shape index (κ1) is 16.6. The molecule has 21 heavy (non-hydrogen) atoms. The molecule has 1 amide bonds. The van der Waals surface area contributed by atoms with Crippen LogP contribution in [0.4, 0.5) is 10.6 Å². The third-order valence-electron chi connectivity index (χ3n) is 2.88. The van der Waals surface area contributed by atoms with Crippen molar-refractivity contribution in [3.05, 3.63) is 22.1 Å². The zero-order chi connectivity index (χ0) is 16.2. The second-order valence-corrected chi connectivity index (χ2v) is 5.46. The zero-order valence-corrected chi connectivity index (χ0v) is 12.7. The van der Waals surface area contributed by atoms with Gasteiger partial charge in [-0.2, -0.15) is 0 Å². The smallest absolute Gasteiger partial charge is 0.358 e. The molecule has 0 bridgehead atoms. The lowest BCUT2D eigenvalue weighted by molar-refractivity contribution is -0.389. The second-order valence-electron chi connectivity index (χ2n) is 5.46. The van der Waals surface area contributed by atoms with E-state index >= 15 is 0 Å². The van der Waals surface area contributed by atoms with Crippen LogP contribution in [0.15, 0.2) is 11.5 Å². The number of amides is 1. The summed E-state index contributed by atoms with van der Waals surface area (Å²) in [7, 11) is 1.43. The Morgan fingerprint density at radius 2 is 2.19 bits per heavy atom. The first-order valence-electron chi connectivity index (χ1n) is 6.29. The highest BCUT2D eigenvalue weighted by Gasteiger charge is 2.24. The molecule has 1 N–H and O–H groups in total. The van der Waals surface area contributed by atoms with Crippen molar-refractivity contribution in [2.24, 2.45) is 10.6 Å². The molecule has 0 aliphatic heterocycles. The maximum Gasteiger partial charge on any atom is 0.433 e. The van der Waals surface area contributed by atoms with Gasteiger partial charge in [-0.25, -0.2) is 4.79 Å². The van der Waals surface area contributed by atoms with Gasteiger partial charge in [0, 0.05) is 12.5 Å². The zero-order valence-electron chi connectivity index (χ0n) is 12.7. The highest BCUT2D eigenvalue weighted by Crippen LogP contribution is 2.21. The number of carbonyl (C=O) groups is 1. The van der Waals surface area contributed by atoms with Gasteiger partial charge in [-0.3, -0.25) is 4.84 Å². The van der Waals surface area contributed by atoms with Crippen molar-refractivity contribution in [3.8, 4) is 0 Å². The molecular weight excluding hydrogens is 278 g/mol. The predicted molar refractivity (Wildman–Crippen MR) is 76.0 cm³/mol. The molecule has 9 nitrogen and oxygen atoms in total. The fourth-order valence-electron chi connectivity index (χ4n) is 1.48. The number of nitrogens with one attached hydrogen (secondary N) is 1. The number of hydrogen-bond acceptors (Lipinski definition) is 6. The van der Waals surface area contributed by atoms with E-state index in [1.807, 2.05) is 20.8 Å². The summed E-state index contributed by atoms with van der Waals surface area (Å²) < 4.78 is 1.59. The minimum atomic E-state index is -0.676. The van der Waals surface area contributed by atoms with Crippen LogP contribution in [0, 0.1) is 22.5 Å². The molecule has 0 fully saturated rings. The van der Waals surface area contributed by atoms with Gasteiger partial charge in [0.05, 0.1) is 12.3 Å².